The summed E-state index contributed by atoms with van der Waals surface area (Å²) in [4.78, 5) is 26.9. The monoisotopic (exact) mass is 1190 g/mol. The highest BCUT2D eigenvalue weighted by atomic mass is 16.8. The van der Waals surface area contributed by atoms with Crippen molar-refractivity contribution in [3.63, 3.8) is 0 Å². The maximum Gasteiger partial charge on any atom is 0.330 e. The van der Waals surface area contributed by atoms with E-state index >= 15 is 0 Å². The van der Waals surface area contributed by atoms with Crippen molar-refractivity contribution in [1.29, 1.82) is 0 Å². The zero-order chi connectivity index (χ0) is 61.0. The highest BCUT2D eigenvalue weighted by Crippen LogP contribution is 2.70. The van der Waals surface area contributed by atoms with E-state index in [-0.39, 0.29) is 42.9 Å². The van der Waals surface area contributed by atoms with Crippen LogP contribution in [0.25, 0.3) is 0 Å². The number of rotatable bonds is 19. The molecule has 9 aliphatic rings. The van der Waals surface area contributed by atoms with Gasteiger partial charge in [0.05, 0.1) is 67.1 Å². The molecule has 0 aromatic rings. The molecule has 4 aliphatic carbocycles. The fraction of sp³-hybridized carbons (Fsp3) is 0.905. The molecule has 0 radical (unpaired) electrons. The first-order chi connectivity index (χ1) is 39.7. The zero-order valence-electron chi connectivity index (χ0n) is 52.8. The van der Waals surface area contributed by atoms with Crippen LogP contribution in [0.5, 0.6) is 0 Å². The van der Waals surface area contributed by atoms with Crippen LogP contribution in [0.1, 0.15) is 153 Å². The van der Waals surface area contributed by atoms with E-state index in [2.05, 4.69) is 13.0 Å². The average molecular weight is 1200 g/mol. The van der Waals surface area contributed by atoms with Crippen molar-refractivity contribution in [3.8, 4) is 0 Å². The minimum absolute atomic E-state index is 0.0769. The fourth-order valence-electron chi connectivity index (χ4n) is 16.4. The van der Waals surface area contributed by atoms with Crippen LogP contribution >= 0.6 is 0 Å². The van der Waals surface area contributed by atoms with E-state index in [1.807, 2.05) is 55.4 Å². The number of esters is 1. The maximum atomic E-state index is 13.6. The van der Waals surface area contributed by atoms with E-state index in [4.69, 9.17) is 75.8 Å². The summed E-state index contributed by atoms with van der Waals surface area (Å²) in [6.07, 6.45) is -2.42. The number of hydrogen-bond acceptors (Lipinski definition) is 21. The summed E-state index contributed by atoms with van der Waals surface area (Å²) in [7, 11) is 8.17. The molecule has 5 aliphatic heterocycles. The number of carbonyl (C=O) groups is 2. The normalized spacial score (nSPS) is 49.1. The number of allylic oxidation sites excluding steroid dienone is 1. The number of aliphatic hydroxyl groups is 3. The SMILES string of the molecule is COC1CC(OC2C(C)OC(OC3C(C)OC(OC4C(C)OC(OC5C(C)OC(OC6CCC7(C)C(=CCC8(O)C7CC(OC(=O)C=C(C)C(C)C)C7(C)C(C(C)=O)CCC87O)C6)CC5OC)CC4OC)CC3OC)CC2OC)OC(C)C1O. The smallest absolute Gasteiger partial charge is 0.330 e. The lowest BCUT2D eigenvalue weighted by Crippen LogP contribution is -2.75. The van der Waals surface area contributed by atoms with Gasteiger partial charge in [0.25, 0.3) is 0 Å². The molecule has 8 fully saturated rings. The standard InChI is InChI=1S/C63H102O21/c1-31(2)32(3)23-49(65)80-48-30-47-60(10)20-18-40(24-39(60)17-21-62(47,67)63(68)22-19-41(33(4)64)61(48,63)11)79-50-26-43(70-13)56(35(6)75-50)82-52-28-45(72-15)58(37(8)77-52)84-54-29-46(73-16)59(38(9)78-54)83-53-27-44(71-14)57(36(7)76-53)81-51-25-42(69-12)55(66)34(5)74-51/h17,23,31,34-38,40-48,50-59,66-68H,18-22,24-30H2,1-16H3. The Bertz CT molecular complexity index is 2300. The van der Waals surface area contributed by atoms with Crippen LogP contribution in [0.2, 0.25) is 0 Å². The highest BCUT2D eigenvalue weighted by Gasteiger charge is 2.77. The number of Topliss-reactive ketones (excluding diaryl/α,β-unsaturated/α-hetero) is 1. The molecule has 0 spiro atoms. The molecule has 28 atom stereocenters. The molecule has 28 unspecified atom stereocenters. The molecule has 480 valence electrons. The van der Waals surface area contributed by atoms with Crippen LogP contribution < -0.4 is 0 Å². The fourth-order valence-corrected chi connectivity index (χ4v) is 16.4. The molecule has 5 heterocycles. The molecule has 3 N–H and O–H groups in total. The van der Waals surface area contributed by atoms with E-state index in [0.29, 0.717) is 64.2 Å². The van der Waals surface area contributed by atoms with Crippen molar-refractivity contribution in [1.82, 2.24) is 0 Å². The topological polar surface area (TPSA) is 243 Å². The first kappa shape index (κ1) is 66.3. The Labute approximate surface area is 497 Å². The summed E-state index contributed by atoms with van der Waals surface area (Å²) in [6, 6.07) is 0. The van der Waals surface area contributed by atoms with E-state index in [1.165, 1.54) is 13.0 Å². The number of hydrogen-bond donors (Lipinski definition) is 3. The number of fused-ring (bicyclic) bond motifs is 5. The number of ketones is 1. The van der Waals surface area contributed by atoms with Crippen molar-refractivity contribution in [2.24, 2.45) is 28.6 Å². The Balaban J connectivity index is 0.773. The van der Waals surface area contributed by atoms with Crippen molar-refractivity contribution in [2.45, 2.75) is 300 Å². The van der Waals surface area contributed by atoms with Gasteiger partial charge in [-0.15, -0.1) is 0 Å². The molecule has 3 saturated carbocycles. The van der Waals surface area contributed by atoms with Gasteiger partial charge >= 0.3 is 5.97 Å². The zero-order valence-corrected chi connectivity index (χ0v) is 52.8. The first-order valence-electron chi connectivity index (χ1n) is 31.2. The average Bonchev–Trinajstić information content (AvgIpc) is 1.30. The van der Waals surface area contributed by atoms with Gasteiger partial charge in [0.2, 0.25) is 0 Å². The van der Waals surface area contributed by atoms with Crippen LogP contribution in [0.3, 0.4) is 0 Å². The van der Waals surface area contributed by atoms with E-state index in [9.17, 15) is 24.9 Å². The number of methoxy groups -OCH3 is 5. The van der Waals surface area contributed by atoms with Gasteiger partial charge in [-0.2, -0.15) is 0 Å². The van der Waals surface area contributed by atoms with Crippen molar-refractivity contribution >= 4 is 11.8 Å². The Morgan fingerprint density at radius 1 is 0.595 bits per heavy atom. The van der Waals surface area contributed by atoms with E-state index < -0.39 is 157 Å². The summed E-state index contributed by atoms with van der Waals surface area (Å²) < 4.78 is 101. The second-order valence-electron chi connectivity index (χ2n) is 26.7. The van der Waals surface area contributed by atoms with Crippen molar-refractivity contribution in [3.05, 3.63) is 23.3 Å². The van der Waals surface area contributed by atoms with Gasteiger partial charge in [-0.25, -0.2) is 4.79 Å². The molecule has 5 saturated heterocycles. The van der Waals surface area contributed by atoms with Crippen LogP contribution in [-0.4, -0.2) is 209 Å². The summed E-state index contributed by atoms with van der Waals surface area (Å²) in [5, 5.41) is 36.4. The van der Waals surface area contributed by atoms with Gasteiger partial charge in [0, 0.05) is 91.0 Å². The summed E-state index contributed by atoms with van der Waals surface area (Å²) in [5.41, 5.74) is -2.91. The van der Waals surface area contributed by atoms with E-state index in [0.717, 1.165) is 11.1 Å². The van der Waals surface area contributed by atoms with Crippen LogP contribution in [0.4, 0.5) is 0 Å². The molecule has 9 rings (SSSR count). The maximum absolute atomic E-state index is 13.6. The lowest BCUT2D eigenvalue weighted by Gasteiger charge is -2.66. The summed E-state index contributed by atoms with van der Waals surface area (Å²) in [6.45, 7) is 21.0. The Hall–Kier alpha value is -2.10. The van der Waals surface area contributed by atoms with Gasteiger partial charge < -0.3 is 91.1 Å². The first-order valence-corrected chi connectivity index (χ1v) is 31.2. The molecule has 21 nitrogen and oxygen atoms in total. The third-order valence-corrected chi connectivity index (χ3v) is 21.6. The summed E-state index contributed by atoms with van der Waals surface area (Å²) in [5.74, 6) is -1.45. The molecule has 0 aromatic carbocycles. The molecule has 0 amide bonds. The molecular weight excluding hydrogens is 1090 g/mol. The van der Waals surface area contributed by atoms with Gasteiger partial charge in [-0.05, 0) is 105 Å². The number of aliphatic hydroxyl groups excluding tert-OH is 1. The van der Waals surface area contributed by atoms with Gasteiger partial charge in [-0.1, -0.05) is 44.9 Å². The largest absolute Gasteiger partial charge is 0.458 e. The van der Waals surface area contributed by atoms with Gasteiger partial charge in [-0.3, -0.25) is 4.79 Å². The minimum atomic E-state index is -1.67. The van der Waals surface area contributed by atoms with Gasteiger partial charge in [0.15, 0.2) is 31.5 Å². The third-order valence-electron chi connectivity index (χ3n) is 21.6. The lowest BCUT2D eigenvalue weighted by molar-refractivity contribution is -0.352. The predicted molar refractivity (Wildman–Crippen MR) is 302 cm³/mol. The van der Waals surface area contributed by atoms with Crippen LogP contribution in [-0.2, 0) is 85.4 Å². The Morgan fingerprint density at radius 2 is 1.01 bits per heavy atom. The second kappa shape index (κ2) is 26.8. The van der Waals surface area contributed by atoms with Crippen LogP contribution in [0, 0.1) is 28.6 Å². The number of ether oxygens (including phenoxy) is 16. The minimum Gasteiger partial charge on any atom is -0.458 e. The van der Waals surface area contributed by atoms with Crippen LogP contribution in [0.15, 0.2) is 23.3 Å². The molecule has 21 heteroatoms. The van der Waals surface area contributed by atoms with Crippen molar-refractivity contribution < 1.29 is 101 Å². The quantitative estimate of drug-likeness (QED) is 0.0706. The number of carbonyl (C=O) groups excluding carboxylic acids is 2. The van der Waals surface area contributed by atoms with E-state index in [1.54, 1.807) is 42.5 Å². The lowest BCUT2D eigenvalue weighted by atomic mass is 9.43. The Morgan fingerprint density at radius 3 is 1.43 bits per heavy atom. The van der Waals surface area contributed by atoms with Crippen molar-refractivity contribution in [2.75, 3.05) is 35.5 Å². The second-order valence-corrected chi connectivity index (χ2v) is 26.7. The molecule has 0 aromatic heterocycles. The summed E-state index contributed by atoms with van der Waals surface area (Å²) >= 11 is 0. The molecule has 84 heavy (non-hydrogen) atoms. The highest BCUT2D eigenvalue weighted by molar-refractivity contribution is 5.83. The molecular formula is C63H102O21. The van der Waals surface area contributed by atoms with Gasteiger partial charge in [0.1, 0.15) is 53.6 Å². The Kier molecular flexibility index (Phi) is 21.1. The molecule has 0 bridgehead atoms. The predicted octanol–water partition coefficient (Wildman–Crippen LogP) is 6.54. The third kappa shape index (κ3) is 12.7.